The first-order valence-electron chi connectivity index (χ1n) is 5.82. The zero-order chi connectivity index (χ0) is 13.7. The van der Waals surface area contributed by atoms with Crippen LogP contribution in [0.4, 0.5) is 0 Å². The Morgan fingerprint density at radius 3 is 2.84 bits per heavy atom. The van der Waals surface area contributed by atoms with Crippen LogP contribution in [0.3, 0.4) is 0 Å². The van der Waals surface area contributed by atoms with E-state index in [4.69, 9.17) is 0 Å². The van der Waals surface area contributed by atoms with E-state index in [9.17, 15) is 8.42 Å². The van der Waals surface area contributed by atoms with Crippen molar-refractivity contribution in [1.29, 1.82) is 0 Å². The minimum atomic E-state index is -3.38. The molecule has 0 fully saturated rings. The Balaban J connectivity index is 1.92. The number of pyridine rings is 1. The molecule has 0 radical (unpaired) electrons. The Labute approximate surface area is 111 Å². The Hall–Kier alpha value is -1.80. The summed E-state index contributed by atoms with van der Waals surface area (Å²) in [4.78, 5) is 8.00. The van der Waals surface area contributed by atoms with Crippen LogP contribution in [-0.2, 0) is 16.4 Å². The molecule has 8 heteroatoms. The van der Waals surface area contributed by atoms with E-state index in [1.54, 1.807) is 25.3 Å². The summed E-state index contributed by atoms with van der Waals surface area (Å²) in [6.07, 6.45) is 3.36. The molecule has 0 saturated carbocycles. The number of H-pyrrole nitrogens is 1. The number of aryl methyl sites for hydroxylation is 1. The maximum atomic E-state index is 11.9. The fourth-order valence-electron chi connectivity index (χ4n) is 1.59. The van der Waals surface area contributed by atoms with Crippen molar-refractivity contribution < 1.29 is 8.42 Å². The first-order valence-corrected chi connectivity index (χ1v) is 7.47. The molecule has 0 aliphatic carbocycles. The lowest BCUT2D eigenvalue weighted by Crippen LogP contribution is -2.30. The van der Waals surface area contributed by atoms with Gasteiger partial charge in [0, 0.05) is 18.3 Å². The summed E-state index contributed by atoms with van der Waals surface area (Å²) in [5, 5.41) is 6.32. The van der Waals surface area contributed by atoms with Gasteiger partial charge in [-0.05, 0) is 19.1 Å². The molecule has 0 spiro atoms. The van der Waals surface area contributed by atoms with Crippen molar-refractivity contribution in [2.45, 2.75) is 19.4 Å². The van der Waals surface area contributed by atoms with Gasteiger partial charge in [0.05, 0.1) is 11.8 Å². The fourth-order valence-corrected chi connectivity index (χ4v) is 2.84. The van der Waals surface area contributed by atoms with Gasteiger partial charge >= 0.3 is 0 Å². The predicted molar refractivity (Wildman–Crippen MR) is 69.7 cm³/mol. The quantitative estimate of drug-likeness (QED) is 0.799. The second-order valence-corrected chi connectivity index (χ2v) is 5.97. The number of aromatic amines is 1. The summed E-state index contributed by atoms with van der Waals surface area (Å²) in [5.41, 5.74) is 0.750. The highest BCUT2D eigenvalue weighted by molar-refractivity contribution is 7.89. The van der Waals surface area contributed by atoms with Crippen LogP contribution in [0.5, 0.6) is 0 Å². The van der Waals surface area contributed by atoms with Gasteiger partial charge in [-0.3, -0.25) is 10.1 Å². The number of rotatable bonds is 6. The minimum absolute atomic E-state index is 0.0114. The first-order chi connectivity index (χ1) is 9.07. The second-order valence-electron chi connectivity index (χ2n) is 4.10. The molecule has 19 heavy (non-hydrogen) atoms. The first kappa shape index (κ1) is 13.6. The molecule has 2 aromatic heterocycles. The van der Waals surface area contributed by atoms with E-state index in [1.165, 1.54) is 6.33 Å². The van der Waals surface area contributed by atoms with E-state index in [0.717, 1.165) is 5.69 Å². The van der Waals surface area contributed by atoms with E-state index >= 15 is 0 Å². The average Bonchev–Trinajstić information content (AvgIpc) is 2.91. The van der Waals surface area contributed by atoms with Crippen molar-refractivity contribution in [3.8, 4) is 0 Å². The normalized spacial score (nSPS) is 13.3. The number of sulfonamides is 1. The SMILES string of the molecule is CC(NS(=O)(=O)CCc1ccccn1)c1ncn[nH]1. The third kappa shape index (κ3) is 4.11. The third-order valence-electron chi connectivity index (χ3n) is 2.55. The van der Waals surface area contributed by atoms with Gasteiger partial charge in [0.2, 0.25) is 10.0 Å². The maximum Gasteiger partial charge on any atom is 0.212 e. The molecule has 7 nitrogen and oxygen atoms in total. The highest BCUT2D eigenvalue weighted by Crippen LogP contribution is 2.07. The van der Waals surface area contributed by atoms with Crippen molar-refractivity contribution in [2.75, 3.05) is 5.75 Å². The number of aromatic nitrogens is 4. The van der Waals surface area contributed by atoms with Gasteiger partial charge in [-0.15, -0.1) is 0 Å². The average molecular weight is 281 g/mol. The van der Waals surface area contributed by atoms with Gasteiger partial charge in [-0.1, -0.05) is 6.07 Å². The van der Waals surface area contributed by atoms with E-state index in [-0.39, 0.29) is 5.75 Å². The van der Waals surface area contributed by atoms with Crippen molar-refractivity contribution >= 4 is 10.0 Å². The second kappa shape index (κ2) is 5.89. The lowest BCUT2D eigenvalue weighted by Gasteiger charge is -2.11. The van der Waals surface area contributed by atoms with Crippen LogP contribution >= 0.6 is 0 Å². The van der Waals surface area contributed by atoms with Crippen molar-refractivity contribution in [2.24, 2.45) is 0 Å². The molecule has 1 unspecified atom stereocenters. The smallest absolute Gasteiger partial charge is 0.212 e. The van der Waals surface area contributed by atoms with Crippen molar-refractivity contribution in [3.63, 3.8) is 0 Å². The molecule has 2 rings (SSSR count). The van der Waals surface area contributed by atoms with Crippen LogP contribution < -0.4 is 4.72 Å². The fraction of sp³-hybridized carbons (Fsp3) is 0.364. The summed E-state index contributed by atoms with van der Waals surface area (Å²) in [6.45, 7) is 1.71. The van der Waals surface area contributed by atoms with Crippen LogP contribution in [0.2, 0.25) is 0 Å². The molecule has 2 N–H and O–H groups in total. The van der Waals surface area contributed by atoms with E-state index < -0.39 is 16.1 Å². The lowest BCUT2D eigenvalue weighted by atomic mass is 10.3. The maximum absolute atomic E-state index is 11.9. The van der Waals surface area contributed by atoms with E-state index in [2.05, 4.69) is 24.9 Å². The van der Waals surface area contributed by atoms with Crippen molar-refractivity contribution in [3.05, 3.63) is 42.2 Å². The number of hydrogen-bond donors (Lipinski definition) is 2. The molecule has 1 atom stereocenters. The molecule has 2 aromatic rings. The van der Waals surface area contributed by atoms with Gasteiger partial charge in [-0.25, -0.2) is 18.1 Å². The van der Waals surface area contributed by atoms with Crippen LogP contribution in [0.25, 0.3) is 0 Å². The summed E-state index contributed by atoms with van der Waals surface area (Å²) < 4.78 is 26.4. The monoisotopic (exact) mass is 281 g/mol. The van der Waals surface area contributed by atoms with E-state index in [1.807, 2.05) is 6.07 Å². The molecular weight excluding hydrogens is 266 g/mol. The lowest BCUT2D eigenvalue weighted by molar-refractivity contribution is 0.559. The van der Waals surface area contributed by atoms with Crippen LogP contribution in [-0.4, -0.2) is 34.3 Å². The molecule has 0 bridgehead atoms. The molecule has 0 aromatic carbocycles. The number of nitrogens with one attached hydrogen (secondary N) is 2. The molecule has 2 heterocycles. The molecule has 0 aliphatic heterocycles. The standard InChI is InChI=1S/C11H15N5O2S/c1-9(11-13-8-14-15-11)16-19(17,18)7-5-10-4-2-3-6-12-10/h2-4,6,8-9,16H,5,7H2,1H3,(H,13,14,15). The highest BCUT2D eigenvalue weighted by Gasteiger charge is 2.17. The zero-order valence-corrected chi connectivity index (χ0v) is 11.3. The summed E-state index contributed by atoms with van der Waals surface area (Å²) in [6, 6.07) is 4.99. The van der Waals surface area contributed by atoms with Gasteiger partial charge in [0.25, 0.3) is 0 Å². The van der Waals surface area contributed by atoms with Crippen LogP contribution in [0, 0.1) is 0 Å². The van der Waals surface area contributed by atoms with Gasteiger partial charge in [0.1, 0.15) is 12.2 Å². The molecular formula is C11H15N5O2S. The minimum Gasteiger partial charge on any atom is -0.262 e. The summed E-state index contributed by atoms with van der Waals surface area (Å²) in [5.74, 6) is 0.476. The summed E-state index contributed by atoms with van der Waals surface area (Å²) in [7, 11) is -3.38. The molecule has 102 valence electrons. The van der Waals surface area contributed by atoms with Crippen molar-refractivity contribution in [1.82, 2.24) is 24.9 Å². The topological polar surface area (TPSA) is 101 Å². The highest BCUT2D eigenvalue weighted by atomic mass is 32.2. The Bertz CT molecular complexity index is 597. The Morgan fingerprint density at radius 2 is 2.21 bits per heavy atom. The van der Waals surface area contributed by atoms with Gasteiger partial charge < -0.3 is 0 Å². The zero-order valence-electron chi connectivity index (χ0n) is 10.4. The number of nitrogens with zero attached hydrogens (tertiary/aromatic N) is 3. The third-order valence-corrected chi connectivity index (χ3v) is 4.01. The van der Waals surface area contributed by atoms with Crippen LogP contribution in [0.1, 0.15) is 24.5 Å². The van der Waals surface area contributed by atoms with Crippen LogP contribution in [0.15, 0.2) is 30.7 Å². The molecule has 0 aliphatic rings. The predicted octanol–water partition coefficient (Wildman–Crippen LogP) is 0.423. The van der Waals surface area contributed by atoms with Gasteiger partial charge in [0.15, 0.2) is 0 Å². The number of hydrogen-bond acceptors (Lipinski definition) is 5. The largest absolute Gasteiger partial charge is 0.262 e. The Morgan fingerprint density at radius 1 is 1.37 bits per heavy atom. The summed E-state index contributed by atoms with van der Waals surface area (Å²) >= 11 is 0. The Kier molecular flexibility index (Phi) is 4.23. The molecule has 0 amide bonds. The van der Waals surface area contributed by atoms with E-state index in [0.29, 0.717) is 12.2 Å². The molecule has 0 saturated heterocycles. The van der Waals surface area contributed by atoms with Gasteiger partial charge in [-0.2, -0.15) is 5.10 Å².